The maximum atomic E-state index is 11.9. The highest BCUT2D eigenvalue weighted by atomic mass is 16.3. The molecule has 3 heteroatoms. The summed E-state index contributed by atoms with van der Waals surface area (Å²) in [6, 6.07) is 7.94. The molecule has 2 rings (SSSR count). The van der Waals surface area contributed by atoms with Gasteiger partial charge < -0.3 is 10.0 Å². The Morgan fingerprint density at radius 3 is 2.78 bits per heavy atom. The Hall–Kier alpha value is -1.61. The van der Waals surface area contributed by atoms with E-state index in [0.717, 1.165) is 11.1 Å². The van der Waals surface area contributed by atoms with Crippen LogP contribution in [0.3, 0.4) is 0 Å². The van der Waals surface area contributed by atoms with Crippen LogP contribution in [0.2, 0.25) is 0 Å². The standard InChI is InChI=1S/C15H19NO2/c1-12-5-3-4-6-13(12)7-8-14(17)16-10-9-15(2,18)11-16/h3-8,18H,9-11H2,1-2H3/b8-7+. The number of hydrogen-bond donors (Lipinski definition) is 1. The fraction of sp³-hybridized carbons (Fsp3) is 0.400. The normalized spacial score (nSPS) is 23.8. The zero-order valence-corrected chi connectivity index (χ0v) is 10.9. The van der Waals surface area contributed by atoms with Crippen LogP contribution in [0.4, 0.5) is 0 Å². The van der Waals surface area contributed by atoms with E-state index in [1.165, 1.54) is 0 Å². The average Bonchev–Trinajstić information content (AvgIpc) is 2.68. The summed E-state index contributed by atoms with van der Waals surface area (Å²) < 4.78 is 0. The summed E-state index contributed by atoms with van der Waals surface area (Å²) in [6.07, 6.45) is 4.07. The second-order valence-corrected chi connectivity index (χ2v) is 5.20. The van der Waals surface area contributed by atoms with Crippen LogP contribution < -0.4 is 0 Å². The number of rotatable bonds is 2. The van der Waals surface area contributed by atoms with Crippen molar-refractivity contribution in [2.24, 2.45) is 0 Å². The van der Waals surface area contributed by atoms with E-state index in [9.17, 15) is 9.90 Å². The fourth-order valence-electron chi connectivity index (χ4n) is 2.17. The summed E-state index contributed by atoms with van der Waals surface area (Å²) in [4.78, 5) is 13.6. The monoisotopic (exact) mass is 245 g/mol. The van der Waals surface area contributed by atoms with Crippen LogP contribution in [-0.4, -0.2) is 34.6 Å². The van der Waals surface area contributed by atoms with E-state index in [2.05, 4.69) is 0 Å². The SMILES string of the molecule is Cc1ccccc1/C=C/C(=O)N1CCC(C)(O)C1. The van der Waals surface area contributed by atoms with E-state index in [1.54, 1.807) is 17.9 Å². The number of β-amino-alcohol motifs (C(OH)–C–C–N with tert-alkyl or cyclic N) is 1. The minimum atomic E-state index is -0.730. The van der Waals surface area contributed by atoms with Crippen molar-refractivity contribution in [1.29, 1.82) is 0 Å². The van der Waals surface area contributed by atoms with Crippen LogP contribution in [0.25, 0.3) is 6.08 Å². The Balaban J connectivity index is 2.02. The highest BCUT2D eigenvalue weighted by Gasteiger charge is 2.32. The van der Waals surface area contributed by atoms with Crippen molar-refractivity contribution in [3.63, 3.8) is 0 Å². The molecule has 1 fully saturated rings. The van der Waals surface area contributed by atoms with Gasteiger partial charge in [-0.3, -0.25) is 4.79 Å². The highest BCUT2D eigenvalue weighted by molar-refractivity contribution is 5.92. The van der Waals surface area contributed by atoms with Crippen molar-refractivity contribution in [3.8, 4) is 0 Å². The van der Waals surface area contributed by atoms with Crippen molar-refractivity contribution < 1.29 is 9.90 Å². The molecular weight excluding hydrogens is 226 g/mol. The van der Waals surface area contributed by atoms with Crippen molar-refractivity contribution >= 4 is 12.0 Å². The van der Waals surface area contributed by atoms with Crippen LogP contribution in [0.1, 0.15) is 24.5 Å². The lowest BCUT2D eigenvalue weighted by atomic mass is 10.1. The lowest BCUT2D eigenvalue weighted by molar-refractivity contribution is -0.125. The molecular formula is C15H19NO2. The minimum Gasteiger partial charge on any atom is -0.388 e. The first-order valence-corrected chi connectivity index (χ1v) is 6.23. The van der Waals surface area contributed by atoms with Gasteiger partial charge in [-0.15, -0.1) is 0 Å². The van der Waals surface area contributed by atoms with Crippen LogP contribution in [0, 0.1) is 6.92 Å². The molecule has 3 nitrogen and oxygen atoms in total. The van der Waals surface area contributed by atoms with E-state index in [1.807, 2.05) is 37.3 Å². The smallest absolute Gasteiger partial charge is 0.246 e. The molecule has 1 saturated heterocycles. The zero-order chi connectivity index (χ0) is 13.2. The summed E-state index contributed by atoms with van der Waals surface area (Å²) in [5, 5.41) is 9.83. The maximum Gasteiger partial charge on any atom is 0.246 e. The van der Waals surface area contributed by atoms with Gasteiger partial charge in [0.15, 0.2) is 0 Å². The second kappa shape index (κ2) is 4.94. The van der Waals surface area contributed by atoms with Gasteiger partial charge in [-0.2, -0.15) is 0 Å². The first-order valence-electron chi connectivity index (χ1n) is 6.23. The fourth-order valence-corrected chi connectivity index (χ4v) is 2.17. The van der Waals surface area contributed by atoms with Crippen LogP contribution in [0.15, 0.2) is 30.3 Å². The zero-order valence-electron chi connectivity index (χ0n) is 10.9. The van der Waals surface area contributed by atoms with Crippen molar-refractivity contribution in [2.45, 2.75) is 25.9 Å². The molecule has 0 radical (unpaired) electrons. The van der Waals surface area contributed by atoms with E-state index in [4.69, 9.17) is 0 Å². The first kappa shape index (κ1) is 12.8. The molecule has 1 atom stereocenters. The van der Waals surface area contributed by atoms with Crippen LogP contribution in [-0.2, 0) is 4.79 Å². The third-order valence-corrected chi connectivity index (χ3v) is 3.36. The van der Waals surface area contributed by atoms with E-state index >= 15 is 0 Å². The third-order valence-electron chi connectivity index (χ3n) is 3.36. The minimum absolute atomic E-state index is 0.0315. The van der Waals surface area contributed by atoms with E-state index in [0.29, 0.717) is 19.5 Å². The van der Waals surface area contributed by atoms with Gasteiger partial charge in [0.25, 0.3) is 0 Å². The molecule has 1 aromatic carbocycles. The number of amides is 1. The molecule has 0 aliphatic carbocycles. The molecule has 1 unspecified atom stereocenters. The molecule has 0 spiro atoms. The van der Waals surface area contributed by atoms with Gasteiger partial charge in [0.1, 0.15) is 0 Å². The number of hydrogen-bond acceptors (Lipinski definition) is 2. The van der Waals surface area contributed by atoms with Gasteiger partial charge in [-0.1, -0.05) is 24.3 Å². The van der Waals surface area contributed by atoms with Crippen LogP contribution in [0.5, 0.6) is 0 Å². The molecule has 1 aromatic rings. The molecule has 1 aliphatic rings. The molecule has 0 saturated carbocycles. The van der Waals surface area contributed by atoms with Crippen molar-refractivity contribution in [3.05, 3.63) is 41.5 Å². The predicted molar refractivity (Wildman–Crippen MR) is 72.0 cm³/mol. The number of carbonyl (C=O) groups excluding carboxylic acids is 1. The largest absolute Gasteiger partial charge is 0.388 e. The van der Waals surface area contributed by atoms with Gasteiger partial charge in [0, 0.05) is 19.2 Å². The molecule has 0 bridgehead atoms. The lowest BCUT2D eigenvalue weighted by Crippen LogP contribution is -2.32. The number of benzene rings is 1. The summed E-state index contributed by atoms with van der Waals surface area (Å²) in [6.45, 7) is 4.84. The van der Waals surface area contributed by atoms with Crippen LogP contribution >= 0.6 is 0 Å². The van der Waals surface area contributed by atoms with Crippen molar-refractivity contribution in [2.75, 3.05) is 13.1 Å². The molecule has 1 aliphatic heterocycles. The summed E-state index contributed by atoms with van der Waals surface area (Å²) in [5.41, 5.74) is 1.47. The number of aliphatic hydroxyl groups is 1. The van der Waals surface area contributed by atoms with Gasteiger partial charge in [-0.25, -0.2) is 0 Å². The summed E-state index contributed by atoms with van der Waals surface area (Å²) in [7, 11) is 0. The lowest BCUT2D eigenvalue weighted by Gasteiger charge is -2.17. The Labute approximate surface area is 108 Å². The van der Waals surface area contributed by atoms with Crippen molar-refractivity contribution in [1.82, 2.24) is 4.90 Å². The second-order valence-electron chi connectivity index (χ2n) is 5.20. The third kappa shape index (κ3) is 2.99. The first-order chi connectivity index (χ1) is 8.48. The van der Waals surface area contributed by atoms with E-state index in [-0.39, 0.29) is 5.91 Å². The van der Waals surface area contributed by atoms with Gasteiger partial charge >= 0.3 is 0 Å². The van der Waals surface area contributed by atoms with E-state index < -0.39 is 5.60 Å². The number of nitrogens with zero attached hydrogens (tertiary/aromatic N) is 1. The Morgan fingerprint density at radius 1 is 1.44 bits per heavy atom. The Bertz CT molecular complexity index is 477. The molecule has 96 valence electrons. The number of aryl methyl sites for hydroxylation is 1. The summed E-state index contributed by atoms with van der Waals surface area (Å²) in [5.74, 6) is -0.0315. The van der Waals surface area contributed by atoms with Gasteiger partial charge in [0.2, 0.25) is 5.91 Å². The predicted octanol–water partition coefficient (Wildman–Crippen LogP) is 1.99. The topological polar surface area (TPSA) is 40.5 Å². The summed E-state index contributed by atoms with van der Waals surface area (Å²) >= 11 is 0. The van der Waals surface area contributed by atoms with Gasteiger partial charge in [-0.05, 0) is 37.5 Å². The molecule has 0 aromatic heterocycles. The number of carbonyl (C=O) groups is 1. The number of likely N-dealkylation sites (tertiary alicyclic amines) is 1. The quantitative estimate of drug-likeness (QED) is 0.809. The average molecular weight is 245 g/mol. The maximum absolute atomic E-state index is 11.9. The Morgan fingerprint density at radius 2 is 2.17 bits per heavy atom. The highest BCUT2D eigenvalue weighted by Crippen LogP contribution is 2.20. The Kier molecular flexibility index (Phi) is 3.53. The molecule has 18 heavy (non-hydrogen) atoms. The molecule has 1 heterocycles. The molecule has 1 N–H and O–H groups in total. The van der Waals surface area contributed by atoms with Gasteiger partial charge in [0.05, 0.1) is 5.60 Å². The molecule has 1 amide bonds.